The van der Waals surface area contributed by atoms with E-state index in [9.17, 15) is 0 Å². The Morgan fingerprint density at radius 3 is 2.45 bits per heavy atom. The summed E-state index contributed by atoms with van der Waals surface area (Å²) in [5.74, 6) is 0.973. The van der Waals surface area contributed by atoms with Gasteiger partial charge in [-0.25, -0.2) is 0 Å². The lowest BCUT2D eigenvalue weighted by atomic mass is 9.94. The first kappa shape index (κ1) is 16.0. The van der Waals surface area contributed by atoms with Crippen LogP contribution in [0.25, 0.3) is 0 Å². The molecule has 0 atom stereocenters. The fourth-order valence-electron chi connectivity index (χ4n) is 2.73. The van der Waals surface area contributed by atoms with Gasteiger partial charge in [-0.15, -0.1) is 11.3 Å². The van der Waals surface area contributed by atoms with Gasteiger partial charge < -0.3 is 5.32 Å². The van der Waals surface area contributed by atoms with E-state index in [1.807, 2.05) is 11.3 Å². The first-order valence-electron chi connectivity index (χ1n) is 8.01. The van der Waals surface area contributed by atoms with Crippen molar-refractivity contribution in [3.05, 3.63) is 21.9 Å². The van der Waals surface area contributed by atoms with Crippen molar-refractivity contribution < 1.29 is 0 Å². The number of hydrogen-bond donors (Lipinski definition) is 1. The van der Waals surface area contributed by atoms with Crippen molar-refractivity contribution in [2.24, 2.45) is 5.92 Å². The molecule has 0 unspecified atom stereocenters. The van der Waals surface area contributed by atoms with Gasteiger partial charge in [-0.05, 0) is 64.8 Å². The molecule has 0 bridgehead atoms. The number of hydrogen-bond acceptors (Lipinski definition) is 3. The predicted octanol–water partition coefficient (Wildman–Crippen LogP) is 4.26. The lowest BCUT2D eigenvalue weighted by Crippen LogP contribution is -2.34. The molecule has 1 N–H and O–H groups in total. The van der Waals surface area contributed by atoms with Gasteiger partial charge in [0, 0.05) is 28.4 Å². The average molecular weight is 295 g/mol. The molecule has 1 fully saturated rings. The third kappa shape index (κ3) is 5.19. The second kappa shape index (κ2) is 7.06. The summed E-state index contributed by atoms with van der Waals surface area (Å²) < 4.78 is 0. The van der Waals surface area contributed by atoms with Crippen molar-refractivity contribution in [2.45, 2.75) is 65.6 Å². The van der Waals surface area contributed by atoms with Gasteiger partial charge in [0.1, 0.15) is 0 Å². The zero-order chi connectivity index (χ0) is 14.6. The molecule has 0 radical (unpaired) electrons. The number of nitrogens with zero attached hydrogens (tertiary/aromatic N) is 1. The minimum absolute atomic E-state index is 0.201. The van der Waals surface area contributed by atoms with Crippen molar-refractivity contribution >= 4 is 11.3 Å². The van der Waals surface area contributed by atoms with E-state index in [0.29, 0.717) is 0 Å². The summed E-state index contributed by atoms with van der Waals surface area (Å²) in [7, 11) is 0. The van der Waals surface area contributed by atoms with E-state index in [1.165, 1.54) is 42.1 Å². The van der Waals surface area contributed by atoms with Crippen LogP contribution in [0.15, 0.2) is 12.1 Å². The van der Waals surface area contributed by atoms with Crippen LogP contribution in [-0.4, -0.2) is 23.5 Å². The molecular weight excluding hydrogens is 264 g/mol. The van der Waals surface area contributed by atoms with E-state index in [1.54, 1.807) is 0 Å². The average Bonchev–Trinajstić information content (AvgIpc) is 2.84. The van der Waals surface area contributed by atoms with Crippen molar-refractivity contribution in [2.75, 3.05) is 13.1 Å². The van der Waals surface area contributed by atoms with Crippen molar-refractivity contribution in [3.8, 4) is 0 Å². The molecule has 2 nitrogen and oxygen atoms in total. The summed E-state index contributed by atoms with van der Waals surface area (Å²) in [6.07, 6.45) is 4.14. The molecule has 1 aromatic rings. The predicted molar refractivity (Wildman–Crippen MR) is 89.2 cm³/mol. The Kier molecular flexibility index (Phi) is 5.65. The number of piperidine rings is 1. The number of rotatable bonds is 5. The summed E-state index contributed by atoms with van der Waals surface area (Å²) in [6.45, 7) is 13.7. The second-order valence-electron chi connectivity index (χ2n) is 7.10. The van der Waals surface area contributed by atoms with E-state index in [2.05, 4.69) is 50.0 Å². The molecular formula is C17H30N2S. The van der Waals surface area contributed by atoms with Crippen LogP contribution in [0.2, 0.25) is 0 Å². The van der Waals surface area contributed by atoms with Gasteiger partial charge in [-0.3, -0.25) is 4.90 Å². The highest BCUT2D eigenvalue weighted by molar-refractivity contribution is 7.11. The molecule has 2 heterocycles. The van der Waals surface area contributed by atoms with Gasteiger partial charge in [-0.2, -0.15) is 0 Å². The molecule has 114 valence electrons. The molecule has 1 aliphatic rings. The smallest absolute Gasteiger partial charge is 0.0328 e. The van der Waals surface area contributed by atoms with Crippen molar-refractivity contribution in [1.82, 2.24) is 10.2 Å². The SMILES string of the molecule is CCC1CCN(Cc2ccc(CNC(C)(C)C)s2)CC1. The second-order valence-corrected chi connectivity index (χ2v) is 8.35. The Bertz CT molecular complexity index is 397. The normalized spacial score (nSPS) is 18.6. The summed E-state index contributed by atoms with van der Waals surface area (Å²) in [4.78, 5) is 5.60. The van der Waals surface area contributed by atoms with Gasteiger partial charge in [-0.1, -0.05) is 13.3 Å². The zero-order valence-electron chi connectivity index (χ0n) is 13.5. The van der Waals surface area contributed by atoms with Crippen LogP contribution in [0.4, 0.5) is 0 Å². The highest BCUT2D eigenvalue weighted by Gasteiger charge is 2.18. The van der Waals surface area contributed by atoms with Gasteiger partial charge in [0.05, 0.1) is 0 Å². The van der Waals surface area contributed by atoms with Crippen LogP contribution in [0.5, 0.6) is 0 Å². The summed E-state index contributed by atoms with van der Waals surface area (Å²) in [6, 6.07) is 4.60. The van der Waals surface area contributed by atoms with Crippen LogP contribution >= 0.6 is 11.3 Å². The first-order valence-corrected chi connectivity index (χ1v) is 8.83. The summed E-state index contributed by atoms with van der Waals surface area (Å²) >= 11 is 1.97. The first-order chi connectivity index (χ1) is 9.46. The Morgan fingerprint density at radius 1 is 1.20 bits per heavy atom. The Labute approximate surface area is 128 Å². The number of likely N-dealkylation sites (tertiary alicyclic amines) is 1. The molecule has 0 aliphatic carbocycles. The highest BCUT2D eigenvalue weighted by Crippen LogP contribution is 2.24. The Morgan fingerprint density at radius 2 is 1.85 bits per heavy atom. The quantitative estimate of drug-likeness (QED) is 0.873. The standard InChI is InChI=1S/C17H30N2S/c1-5-14-8-10-19(11-9-14)13-16-7-6-15(20-16)12-18-17(2,3)4/h6-7,14,18H,5,8-13H2,1-4H3. The zero-order valence-corrected chi connectivity index (χ0v) is 14.4. The van der Waals surface area contributed by atoms with Gasteiger partial charge in [0.15, 0.2) is 0 Å². The Balaban J connectivity index is 1.78. The third-order valence-corrected chi connectivity index (χ3v) is 5.24. The van der Waals surface area contributed by atoms with Crippen LogP contribution in [0, 0.1) is 5.92 Å². The number of thiophene rings is 1. The molecule has 1 saturated heterocycles. The maximum Gasteiger partial charge on any atom is 0.0328 e. The van der Waals surface area contributed by atoms with E-state index in [4.69, 9.17) is 0 Å². The maximum absolute atomic E-state index is 3.57. The highest BCUT2D eigenvalue weighted by atomic mass is 32.1. The molecule has 1 aliphatic heterocycles. The molecule has 0 aromatic carbocycles. The fourth-order valence-corrected chi connectivity index (χ4v) is 3.73. The molecule has 3 heteroatoms. The molecule has 20 heavy (non-hydrogen) atoms. The third-order valence-electron chi connectivity index (χ3n) is 4.17. The van der Waals surface area contributed by atoms with Crippen LogP contribution in [0.3, 0.4) is 0 Å². The Hall–Kier alpha value is -0.380. The summed E-state index contributed by atoms with van der Waals surface area (Å²) in [5.41, 5.74) is 0.201. The van der Waals surface area contributed by atoms with E-state index in [-0.39, 0.29) is 5.54 Å². The number of nitrogens with one attached hydrogen (secondary N) is 1. The van der Waals surface area contributed by atoms with E-state index in [0.717, 1.165) is 19.0 Å². The molecule has 0 saturated carbocycles. The summed E-state index contributed by atoms with van der Waals surface area (Å²) in [5, 5.41) is 3.57. The van der Waals surface area contributed by atoms with Crippen LogP contribution < -0.4 is 5.32 Å². The molecule has 1 aromatic heterocycles. The molecule has 0 spiro atoms. The van der Waals surface area contributed by atoms with Gasteiger partial charge >= 0.3 is 0 Å². The van der Waals surface area contributed by atoms with E-state index >= 15 is 0 Å². The fraction of sp³-hybridized carbons (Fsp3) is 0.765. The van der Waals surface area contributed by atoms with Crippen molar-refractivity contribution in [1.29, 1.82) is 0 Å². The lowest BCUT2D eigenvalue weighted by Gasteiger charge is -2.31. The largest absolute Gasteiger partial charge is 0.307 e. The minimum atomic E-state index is 0.201. The van der Waals surface area contributed by atoms with Gasteiger partial charge in [0.25, 0.3) is 0 Å². The van der Waals surface area contributed by atoms with E-state index < -0.39 is 0 Å². The topological polar surface area (TPSA) is 15.3 Å². The minimum Gasteiger partial charge on any atom is -0.307 e. The van der Waals surface area contributed by atoms with Crippen LogP contribution in [0.1, 0.15) is 56.7 Å². The van der Waals surface area contributed by atoms with Gasteiger partial charge in [0.2, 0.25) is 0 Å². The monoisotopic (exact) mass is 294 g/mol. The molecule has 2 rings (SSSR count). The van der Waals surface area contributed by atoms with Crippen LogP contribution in [-0.2, 0) is 13.1 Å². The van der Waals surface area contributed by atoms with Crippen molar-refractivity contribution in [3.63, 3.8) is 0 Å². The lowest BCUT2D eigenvalue weighted by molar-refractivity contribution is 0.176. The molecule has 0 amide bonds. The maximum atomic E-state index is 3.57.